The summed E-state index contributed by atoms with van der Waals surface area (Å²) in [6.07, 6.45) is -3.58. The minimum atomic E-state index is -4.50. The molecule has 0 saturated carbocycles. The number of halogens is 3. The lowest BCUT2D eigenvalue weighted by Crippen LogP contribution is -2.31. The molecule has 17 heavy (non-hydrogen) atoms. The molecule has 0 fully saturated rings. The summed E-state index contributed by atoms with van der Waals surface area (Å²) in [5.74, 6) is -0.406. The van der Waals surface area contributed by atoms with Crippen LogP contribution in [0.1, 0.15) is 16.1 Å². The number of pyridine rings is 1. The maximum atomic E-state index is 12.2. The van der Waals surface area contributed by atoms with E-state index in [2.05, 4.69) is 4.98 Å². The molecule has 0 unspecified atom stereocenters. The molecule has 1 aromatic rings. The van der Waals surface area contributed by atoms with Crippen molar-refractivity contribution in [1.29, 1.82) is 0 Å². The summed E-state index contributed by atoms with van der Waals surface area (Å²) in [5, 5.41) is 0. The average Bonchev–Trinajstić information content (AvgIpc) is 2.27. The first kappa shape index (κ1) is 13.4. The van der Waals surface area contributed by atoms with Crippen LogP contribution in [-0.2, 0) is 6.18 Å². The van der Waals surface area contributed by atoms with Crippen LogP contribution in [0.25, 0.3) is 0 Å². The minimum absolute atomic E-state index is 0.106. The van der Waals surface area contributed by atoms with Crippen LogP contribution in [-0.4, -0.2) is 35.9 Å². The number of amides is 1. The number of hydrogen-bond donors (Lipinski definition) is 1. The monoisotopic (exact) mass is 247 g/mol. The molecule has 0 aliphatic heterocycles. The molecule has 1 aromatic heterocycles. The molecule has 0 aliphatic carbocycles. The molecule has 0 saturated heterocycles. The largest absolute Gasteiger partial charge is 0.433 e. The van der Waals surface area contributed by atoms with Crippen LogP contribution >= 0.6 is 0 Å². The van der Waals surface area contributed by atoms with E-state index in [1.807, 2.05) is 0 Å². The molecule has 4 nitrogen and oxygen atoms in total. The highest BCUT2D eigenvalue weighted by atomic mass is 19.4. The number of likely N-dealkylation sites (N-methyl/N-ethyl adjacent to an activating group) is 1. The Morgan fingerprint density at radius 2 is 2.12 bits per heavy atom. The SMILES string of the molecule is CN(CCN)C(=O)c1ccc(C(F)(F)F)nc1. The van der Waals surface area contributed by atoms with Gasteiger partial charge in [0.1, 0.15) is 5.69 Å². The van der Waals surface area contributed by atoms with E-state index in [-0.39, 0.29) is 12.1 Å². The standard InChI is InChI=1S/C10H12F3N3O/c1-16(5-4-14)9(17)7-2-3-8(15-6-7)10(11,12)13/h2-3,6H,4-5,14H2,1H3. The van der Waals surface area contributed by atoms with E-state index >= 15 is 0 Å². The molecule has 0 radical (unpaired) electrons. The van der Waals surface area contributed by atoms with Crippen molar-refractivity contribution in [2.45, 2.75) is 6.18 Å². The van der Waals surface area contributed by atoms with Crippen LogP contribution in [0.2, 0.25) is 0 Å². The molecule has 1 rings (SSSR count). The van der Waals surface area contributed by atoms with Crippen molar-refractivity contribution in [2.75, 3.05) is 20.1 Å². The van der Waals surface area contributed by atoms with Crippen molar-refractivity contribution >= 4 is 5.91 Å². The van der Waals surface area contributed by atoms with Crippen LogP contribution in [0.3, 0.4) is 0 Å². The average molecular weight is 247 g/mol. The van der Waals surface area contributed by atoms with Crippen molar-refractivity contribution in [1.82, 2.24) is 9.88 Å². The Bertz CT molecular complexity index is 389. The summed E-state index contributed by atoms with van der Waals surface area (Å²) in [4.78, 5) is 16.2. The van der Waals surface area contributed by atoms with E-state index in [4.69, 9.17) is 5.73 Å². The third-order valence-electron chi connectivity index (χ3n) is 2.11. The molecule has 2 N–H and O–H groups in total. The van der Waals surface area contributed by atoms with Crippen LogP contribution in [0, 0.1) is 0 Å². The van der Waals surface area contributed by atoms with Gasteiger partial charge in [0.25, 0.3) is 5.91 Å². The molecule has 0 aliphatic rings. The van der Waals surface area contributed by atoms with E-state index in [9.17, 15) is 18.0 Å². The fourth-order valence-corrected chi connectivity index (χ4v) is 1.20. The lowest BCUT2D eigenvalue weighted by molar-refractivity contribution is -0.141. The van der Waals surface area contributed by atoms with Crippen LogP contribution in [0.5, 0.6) is 0 Å². The normalized spacial score (nSPS) is 11.4. The van der Waals surface area contributed by atoms with E-state index in [1.54, 1.807) is 0 Å². The van der Waals surface area contributed by atoms with Crippen molar-refractivity contribution in [3.05, 3.63) is 29.6 Å². The zero-order valence-electron chi connectivity index (χ0n) is 9.16. The smallest absolute Gasteiger partial charge is 0.340 e. The van der Waals surface area contributed by atoms with Gasteiger partial charge in [-0.3, -0.25) is 9.78 Å². The molecule has 0 atom stereocenters. The zero-order chi connectivity index (χ0) is 13.1. The molecule has 0 aromatic carbocycles. The van der Waals surface area contributed by atoms with E-state index in [0.717, 1.165) is 18.3 Å². The van der Waals surface area contributed by atoms with Gasteiger partial charge in [0.05, 0.1) is 5.56 Å². The molecular formula is C10H12F3N3O. The van der Waals surface area contributed by atoms with Gasteiger partial charge in [0.15, 0.2) is 0 Å². The first-order chi connectivity index (χ1) is 7.86. The van der Waals surface area contributed by atoms with Crippen molar-refractivity contribution in [3.8, 4) is 0 Å². The maximum absolute atomic E-state index is 12.2. The predicted molar refractivity (Wildman–Crippen MR) is 55.3 cm³/mol. The number of hydrogen-bond acceptors (Lipinski definition) is 3. The molecule has 1 heterocycles. The fourth-order valence-electron chi connectivity index (χ4n) is 1.20. The second-order valence-corrected chi connectivity index (χ2v) is 3.45. The van der Waals surface area contributed by atoms with Crippen molar-refractivity contribution < 1.29 is 18.0 Å². The summed E-state index contributed by atoms with van der Waals surface area (Å²) in [6.45, 7) is 0.621. The van der Waals surface area contributed by atoms with Crippen LogP contribution in [0.15, 0.2) is 18.3 Å². The number of alkyl halides is 3. The number of carbonyl (C=O) groups is 1. The highest BCUT2D eigenvalue weighted by molar-refractivity contribution is 5.93. The second kappa shape index (κ2) is 5.13. The molecule has 1 amide bonds. The summed E-state index contributed by atoms with van der Waals surface area (Å²) in [5.41, 5.74) is 4.36. The van der Waals surface area contributed by atoms with E-state index in [0.29, 0.717) is 6.54 Å². The summed E-state index contributed by atoms with van der Waals surface area (Å²) in [7, 11) is 1.52. The summed E-state index contributed by atoms with van der Waals surface area (Å²) >= 11 is 0. The van der Waals surface area contributed by atoms with E-state index < -0.39 is 17.8 Å². The Morgan fingerprint density at radius 1 is 1.47 bits per heavy atom. The Morgan fingerprint density at radius 3 is 2.53 bits per heavy atom. The van der Waals surface area contributed by atoms with Crippen molar-refractivity contribution in [3.63, 3.8) is 0 Å². The lowest BCUT2D eigenvalue weighted by atomic mass is 10.2. The maximum Gasteiger partial charge on any atom is 0.433 e. The van der Waals surface area contributed by atoms with Gasteiger partial charge in [-0.15, -0.1) is 0 Å². The van der Waals surface area contributed by atoms with Crippen LogP contribution in [0.4, 0.5) is 13.2 Å². The van der Waals surface area contributed by atoms with Gasteiger partial charge in [-0.2, -0.15) is 13.2 Å². The zero-order valence-corrected chi connectivity index (χ0v) is 9.16. The van der Waals surface area contributed by atoms with Crippen LogP contribution < -0.4 is 5.73 Å². The van der Waals surface area contributed by atoms with Gasteiger partial charge < -0.3 is 10.6 Å². The fraction of sp³-hybridized carbons (Fsp3) is 0.400. The van der Waals surface area contributed by atoms with Gasteiger partial charge in [0.2, 0.25) is 0 Å². The quantitative estimate of drug-likeness (QED) is 0.871. The Hall–Kier alpha value is -1.63. The third-order valence-corrected chi connectivity index (χ3v) is 2.11. The highest BCUT2D eigenvalue weighted by Gasteiger charge is 2.32. The molecule has 0 spiro atoms. The summed E-state index contributed by atoms with van der Waals surface area (Å²) < 4.78 is 36.7. The Balaban J connectivity index is 2.84. The summed E-state index contributed by atoms with van der Waals surface area (Å²) in [6, 6.07) is 1.88. The van der Waals surface area contributed by atoms with Gasteiger partial charge in [-0.1, -0.05) is 0 Å². The predicted octanol–water partition coefficient (Wildman–Crippen LogP) is 1.13. The van der Waals surface area contributed by atoms with Gasteiger partial charge in [-0.25, -0.2) is 0 Å². The van der Waals surface area contributed by atoms with Gasteiger partial charge in [0, 0.05) is 26.3 Å². The van der Waals surface area contributed by atoms with E-state index in [1.165, 1.54) is 11.9 Å². The molecule has 0 bridgehead atoms. The minimum Gasteiger partial charge on any atom is -0.340 e. The number of aromatic nitrogens is 1. The molecule has 94 valence electrons. The van der Waals surface area contributed by atoms with Gasteiger partial charge >= 0.3 is 6.18 Å². The third kappa shape index (κ3) is 3.42. The molecular weight excluding hydrogens is 235 g/mol. The highest BCUT2D eigenvalue weighted by Crippen LogP contribution is 2.27. The topological polar surface area (TPSA) is 59.2 Å². The lowest BCUT2D eigenvalue weighted by Gasteiger charge is -2.15. The first-order valence-electron chi connectivity index (χ1n) is 4.85. The molecule has 7 heteroatoms. The number of rotatable bonds is 3. The van der Waals surface area contributed by atoms with Crippen molar-refractivity contribution in [2.24, 2.45) is 5.73 Å². The Kier molecular flexibility index (Phi) is 4.06. The first-order valence-corrected chi connectivity index (χ1v) is 4.85. The number of carbonyl (C=O) groups excluding carboxylic acids is 1. The number of nitrogens with two attached hydrogens (primary N) is 1. The Labute approximate surface area is 96.2 Å². The van der Waals surface area contributed by atoms with Gasteiger partial charge in [-0.05, 0) is 12.1 Å². The second-order valence-electron chi connectivity index (χ2n) is 3.45. The number of nitrogens with zero attached hydrogens (tertiary/aromatic N) is 2.